The van der Waals surface area contributed by atoms with E-state index in [0.717, 1.165) is 11.3 Å². The highest BCUT2D eigenvalue weighted by atomic mass is 16.5. The van der Waals surface area contributed by atoms with Crippen LogP contribution >= 0.6 is 0 Å². The third-order valence-electron chi connectivity index (χ3n) is 4.04. The van der Waals surface area contributed by atoms with Gasteiger partial charge in [-0.05, 0) is 30.3 Å². The van der Waals surface area contributed by atoms with Crippen molar-refractivity contribution in [3.05, 3.63) is 66.2 Å². The molecule has 0 aliphatic carbocycles. The number of hydrogen-bond donors (Lipinski definition) is 0. The molecular weight excluding hydrogens is 332 g/mol. The standard InChI is InChI=1S/C19H20N4O3/c1-22(11-15-5-4-6-17(25-2)18(15)26-3)19(24)14-7-9-16(10-8-14)23-13-20-12-21-23/h4-10,12-13H,11H2,1-3H3. The van der Waals surface area contributed by atoms with Crippen LogP contribution in [0.5, 0.6) is 11.5 Å². The predicted octanol–water partition coefficient (Wildman–Crippen LogP) is 2.56. The lowest BCUT2D eigenvalue weighted by Crippen LogP contribution is -2.26. The Hall–Kier alpha value is -3.35. The molecule has 0 aliphatic rings. The number of hydrogen-bond acceptors (Lipinski definition) is 5. The van der Waals surface area contributed by atoms with Crippen LogP contribution in [-0.4, -0.2) is 46.8 Å². The topological polar surface area (TPSA) is 69.5 Å². The summed E-state index contributed by atoms with van der Waals surface area (Å²) in [4.78, 5) is 18.3. The molecule has 0 radical (unpaired) electrons. The number of aromatic nitrogens is 3. The van der Waals surface area contributed by atoms with Crippen LogP contribution in [0.3, 0.4) is 0 Å². The highest BCUT2D eigenvalue weighted by molar-refractivity contribution is 5.94. The summed E-state index contributed by atoms with van der Waals surface area (Å²) >= 11 is 0. The van der Waals surface area contributed by atoms with E-state index in [4.69, 9.17) is 9.47 Å². The SMILES string of the molecule is COc1cccc(CN(C)C(=O)c2ccc(-n3cncn3)cc2)c1OC. The molecule has 0 aliphatic heterocycles. The molecule has 0 saturated carbocycles. The largest absolute Gasteiger partial charge is 0.493 e. The number of methoxy groups -OCH3 is 2. The van der Waals surface area contributed by atoms with E-state index in [2.05, 4.69) is 10.1 Å². The van der Waals surface area contributed by atoms with E-state index in [1.54, 1.807) is 49.3 Å². The van der Waals surface area contributed by atoms with Crippen molar-refractivity contribution in [2.75, 3.05) is 21.3 Å². The summed E-state index contributed by atoms with van der Waals surface area (Å²) in [6.45, 7) is 0.407. The van der Waals surface area contributed by atoms with Crippen LogP contribution < -0.4 is 9.47 Å². The molecule has 0 saturated heterocycles. The van der Waals surface area contributed by atoms with Crippen molar-refractivity contribution in [2.24, 2.45) is 0 Å². The molecule has 26 heavy (non-hydrogen) atoms. The monoisotopic (exact) mass is 352 g/mol. The van der Waals surface area contributed by atoms with Gasteiger partial charge >= 0.3 is 0 Å². The maximum atomic E-state index is 12.7. The lowest BCUT2D eigenvalue weighted by atomic mass is 10.1. The Kier molecular flexibility index (Phi) is 5.17. The Balaban J connectivity index is 1.76. The third kappa shape index (κ3) is 3.51. The Labute approximate surface area is 151 Å². The van der Waals surface area contributed by atoms with Gasteiger partial charge in [-0.25, -0.2) is 9.67 Å². The molecule has 1 amide bonds. The highest BCUT2D eigenvalue weighted by Gasteiger charge is 2.16. The van der Waals surface area contributed by atoms with Gasteiger partial charge < -0.3 is 14.4 Å². The van der Waals surface area contributed by atoms with Gasteiger partial charge in [0, 0.05) is 24.7 Å². The number of nitrogens with zero attached hydrogens (tertiary/aromatic N) is 4. The molecule has 1 heterocycles. The Morgan fingerprint density at radius 2 is 1.88 bits per heavy atom. The van der Waals surface area contributed by atoms with Crippen LogP contribution in [0.2, 0.25) is 0 Å². The van der Waals surface area contributed by atoms with Gasteiger partial charge in [0.15, 0.2) is 11.5 Å². The molecule has 134 valence electrons. The lowest BCUT2D eigenvalue weighted by Gasteiger charge is -2.20. The van der Waals surface area contributed by atoms with E-state index in [9.17, 15) is 4.79 Å². The maximum Gasteiger partial charge on any atom is 0.253 e. The van der Waals surface area contributed by atoms with Crippen molar-refractivity contribution in [1.29, 1.82) is 0 Å². The average molecular weight is 352 g/mol. The van der Waals surface area contributed by atoms with E-state index in [0.29, 0.717) is 23.6 Å². The fraction of sp³-hybridized carbons (Fsp3) is 0.211. The summed E-state index contributed by atoms with van der Waals surface area (Å²) in [6.07, 6.45) is 3.08. The van der Waals surface area contributed by atoms with E-state index >= 15 is 0 Å². The zero-order chi connectivity index (χ0) is 18.5. The van der Waals surface area contributed by atoms with Crippen molar-refractivity contribution in [2.45, 2.75) is 6.54 Å². The quantitative estimate of drug-likeness (QED) is 0.682. The number of carbonyl (C=O) groups is 1. The number of amides is 1. The summed E-state index contributed by atoms with van der Waals surface area (Å²) in [6, 6.07) is 12.8. The van der Waals surface area contributed by atoms with Gasteiger partial charge in [-0.2, -0.15) is 5.10 Å². The van der Waals surface area contributed by atoms with E-state index in [1.807, 2.05) is 30.3 Å². The molecule has 0 N–H and O–H groups in total. The molecule has 0 bridgehead atoms. The maximum absolute atomic E-state index is 12.7. The van der Waals surface area contributed by atoms with E-state index in [-0.39, 0.29) is 5.91 Å². The summed E-state index contributed by atoms with van der Waals surface area (Å²) in [7, 11) is 4.94. The van der Waals surface area contributed by atoms with E-state index < -0.39 is 0 Å². The van der Waals surface area contributed by atoms with Gasteiger partial charge in [0.2, 0.25) is 0 Å². The predicted molar refractivity (Wildman–Crippen MR) is 96.7 cm³/mol. The minimum absolute atomic E-state index is 0.0833. The molecule has 0 fully saturated rings. The summed E-state index contributed by atoms with van der Waals surface area (Å²) in [5.41, 5.74) is 2.32. The first-order valence-corrected chi connectivity index (χ1v) is 8.04. The van der Waals surface area contributed by atoms with Gasteiger partial charge in [0.05, 0.1) is 19.9 Å². The molecule has 1 aromatic heterocycles. The van der Waals surface area contributed by atoms with Gasteiger partial charge in [0.1, 0.15) is 12.7 Å². The van der Waals surface area contributed by atoms with Crippen LogP contribution in [0.25, 0.3) is 5.69 Å². The second kappa shape index (κ2) is 7.69. The van der Waals surface area contributed by atoms with Crippen molar-refractivity contribution < 1.29 is 14.3 Å². The molecule has 3 rings (SSSR count). The van der Waals surface area contributed by atoms with Crippen LogP contribution in [0.4, 0.5) is 0 Å². The Morgan fingerprint density at radius 1 is 1.12 bits per heavy atom. The lowest BCUT2D eigenvalue weighted by molar-refractivity contribution is 0.0784. The van der Waals surface area contributed by atoms with E-state index in [1.165, 1.54) is 6.33 Å². The molecule has 0 spiro atoms. The molecule has 3 aromatic rings. The first kappa shape index (κ1) is 17.5. The van der Waals surface area contributed by atoms with Gasteiger partial charge in [-0.3, -0.25) is 4.79 Å². The number of para-hydroxylation sites is 1. The van der Waals surface area contributed by atoms with Crippen LogP contribution in [0.15, 0.2) is 55.1 Å². The Bertz CT molecular complexity index is 876. The van der Waals surface area contributed by atoms with Crippen molar-refractivity contribution in [3.63, 3.8) is 0 Å². The fourth-order valence-corrected chi connectivity index (χ4v) is 2.72. The summed E-state index contributed by atoms with van der Waals surface area (Å²) in [5.74, 6) is 1.19. The second-order valence-corrected chi connectivity index (χ2v) is 5.70. The molecular formula is C19H20N4O3. The first-order valence-electron chi connectivity index (χ1n) is 8.04. The molecule has 7 nitrogen and oxygen atoms in total. The molecule has 7 heteroatoms. The minimum Gasteiger partial charge on any atom is -0.493 e. The number of rotatable bonds is 6. The normalized spacial score (nSPS) is 10.4. The summed E-state index contributed by atoms with van der Waals surface area (Å²) < 4.78 is 12.4. The smallest absolute Gasteiger partial charge is 0.253 e. The number of carbonyl (C=O) groups excluding carboxylic acids is 1. The van der Waals surface area contributed by atoms with Crippen molar-refractivity contribution in [1.82, 2.24) is 19.7 Å². The fourth-order valence-electron chi connectivity index (χ4n) is 2.72. The highest BCUT2D eigenvalue weighted by Crippen LogP contribution is 2.31. The van der Waals surface area contributed by atoms with Crippen molar-refractivity contribution in [3.8, 4) is 17.2 Å². The third-order valence-corrected chi connectivity index (χ3v) is 4.04. The zero-order valence-corrected chi connectivity index (χ0v) is 14.9. The zero-order valence-electron chi connectivity index (χ0n) is 14.9. The van der Waals surface area contributed by atoms with Crippen LogP contribution in [0, 0.1) is 0 Å². The summed E-state index contributed by atoms with van der Waals surface area (Å²) in [5, 5.41) is 4.07. The molecule has 0 atom stereocenters. The molecule has 2 aromatic carbocycles. The molecule has 0 unspecified atom stereocenters. The first-order chi connectivity index (χ1) is 12.6. The number of ether oxygens (including phenoxy) is 2. The van der Waals surface area contributed by atoms with Gasteiger partial charge in [0.25, 0.3) is 5.91 Å². The van der Waals surface area contributed by atoms with Gasteiger partial charge in [-0.1, -0.05) is 12.1 Å². The Morgan fingerprint density at radius 3 is 2.50 bits per heavy atom. The second-order valence-electron chi connectivity index (χ2n) is 5.70. The number of benzene rings is 2. The minimum atomic E-state index is -0.0833. The van der Waals surface area contributed by atoms with Crippen LogP contribution in [0.1, 0.15) is 15.9 Å². The van der Waals surface area contributed by atoms with Crippen molar-refractivity contribution >= 4 is 5.91 Å². The van der Waals surface area contributed by atoms with Crippen LogP contribution in [-0.2, 0) is 6.54 Å². The van der Waals surface area contributed by atoms with Gasteiger partial charge in [-0.15, -0.1) is 0 Å². The average Bonchev–Trinajstić information content (AvgIpc) is 3.22.